The minimum Gasteiger partial charge on any atom is -0.248 e. The fourth-order valence-corrected chi connectivity index (χ4v) is 3.44. The number of hydrogen-bond acceptors (Lipinski definition) is 1. The molecule has 4 heteroatoms. The largest absolute Gasteiger partial charge is 0.248 e. The lowest BCUT2D eigenvalue weighted by molar-refractivity contribution is 0.628. The van der Waals surface area contributed by atoms with Crippen LogP contribution in [0, 0.1) is 5.82 Å². The minimum atomic E-state index is -0.289. The van der Waals surface area contributed by atoms with E-state index in [0.717, 1.165) is 22.3 Å². The molecule has 1 heterocycles. The summed E-state index contributed by atoms with van der Waals surface area (Å²) in [7, 11) is 0. The standard InChI is InChI=1S/C23H14Cl2FN/c24-20-10-3-1-8-18(20)22-13-16(15-6-5-7-17(26)12-15)14-23(27-22)19-9-2-4-11-21(19)25/h1-14H. The first-order valence-electron chi connectivity index (χ1n) is 8.39. The Bertz CT molecular complexity index is 1060. The van der Waals surface area contributed by atoms with Crippen molar-refractivity contribution in [3.05, 3.63) is 101 Å². The lowest BCUT2D eigenvalue weighted by Crippen LogP contribution is -1.92. The first-order chi connectivity index (χ1) is 13.1. The van der Waals surface area contributed by atoms with Gasteiger partial charge in [-0.15, -0.1) is 0 Å². The van der Waals surface area contributed by atoms with E-state index >= 15 is 0 Å². The normalized spacial score (nSPS) is 10.8. The highest BCUT2D eigenvalue weighted by atomic mass is 35.5. The zero-order chi connectivity index (χ0) is 18.8. The number of nitrogens with zero attached hydrogens (tertiary/aromatic N) is 1. The van der Waals surface area contributed by atoms with Gasteiger partial charge in [0.15, 0.2) is 0 Å². The summed E-state index contributed by atoms with van der Waals surface area (Å²) in [4.78, 5) is 4.78. The molecule has 132 valence electrons. The van der Waals surface area contributed by atoms with Crippen molar-refractivity contribution in [2.75, 3.05) is 0 Å². The van der Waals surface area contributed by atoms with Crippen LogP contribution in [-0.2, 0) is 0 Å². The first kappa shape index (κ1) is 17.7. The Balaban J connectivity index is 1.97. The van der Waals surface area contributed by atoms with Gasteiger partial charge in [0.05, 0.1) is 11.4 Å². The lowest BCUT2D eigenvalue weighted by atomic mass is 10.00. The van der Waals surface area contributed by atoms with Gasteiger partial charge in [0.1, 0.15) is 5.82 Å². The highest BCUT2D eigenvalue weighted by molar-refractivity contribution is 6.33. The monoisotopic (exact) mass is 393 g/mol. The van der Waals surface area contributed by atoms with Crippen molar-refractivity contribution in [1.29, 1.82) is 0 Å². The zero-order valence-electron chi connectivity index (χ0n) is 14.2. The van der Waals surface area contributed by atoms with Gasteiger partial charge >= 0.3 is 0 Å². The van der Waals surface area contributed by atoms with Gasteiger partial charge < -0.3 is 0 Å². The van der Waals surface area contributed by atoms with Crippen LogP contribution >= 0.6 is 23.2 Å². The molecule has 0 radical (unpaired) electrons. The third-order valence-corrected chi connectivity index (χ3v) is 4.94. The van der Waals surface area contributed by atoms with Crippen molar-refractivity contribution in [3.63, 3.8) is 0 Å². The molecule has 0 N–H and O–H groups in total. The average molecular weight is 394 g/mol. The molecule has 0 spiro atoms. The lowest BCUT2D eigenvalue weighted by Gasteiger charge is -2.12. The van der Waals surface area contributed by atoms with Gasteiger partial charge in [-0.2, -0.15) is 0 Å². The fourth-order valence-electron chi connectivity index (χ4n) is 2.98. The Labute approximate surface area is 167 Å². The van der Waals surface area contributed by atoms with Crippen molar-refractivity contribution < 1.29 is 4.39 Å². The zero-order valence-corrected chi connectivity index (χ0v) is 15.7. The van der Waals surface area contributed by atoms with Gasteiger partial charge in [0, 0.05) is 21.2 Å². The maximum absolute atomic E-state index is 13.8. The Morgan fingerprint density at radius 1 is 0.593 bits per heavy atom. The third-order valence-electron chi connectivity index (χ3n) is 4.28. The molecule has 27 heavy (non-hydrogen) atoms. The molecule has 0 aliphatic heterocycles. The number of pyridine rings is 1. The van der Waals surface area contributed by atoms with E-state index in [1.165, 1.54) is 12.1 Å². The van der Waals surface area contributed by atoms with E-state index in [2.05, 4.69) is 0 Å². The molecule has 0 bridgehead atoms. The average Bonchev–Trinajstić information content (AvgIpc) is 2.68. The Kier molecular flexibility index (Phi) is 4.93. The van der Waals surface area contributed by atoms with E-state index in [4.69, 9.17) is 28.2 Å². The number of benzene rings is 3. The molecule has 4 rings (SSSR count). The van der Waals surface area contributed by atoms with Crippen molar-refractivity contribution >= 4 is 23.2 Å². The predicted molar refractivity (Wildman–Crippen MR) is 111 cm³/mol. The summed E-state index contributed by atoms with van der Waals surface area (Å²) in [6.07, 6.45) is 0. The van der Waals surface area contributed by atoms with Gasteiger partial charge in [-0.3, -0.25) is 0 Å². The molecular formula is C23H14Cl2FN. The Morgan fingerprint density at radius 2 is 1.15 bits per heavy atom. The molecule has 0 atom stereocenters. The Hall–Kier alpha value is -2.68. The van der Waals surface area contributed by atoms with Crippen LogP contribution in [0.1, 0.15) is 0 Å². The number of hydrogen-bond donors (Lipinski definition) is 0. The van der Waals surface area contributed by atoms with Crippen LogP contribution < -0.4 is 0 Å². The van der Waals surface area contributed by atoms with Crippen LogP contribution in [0.5, 0.6) is 0 Å². The SMILES string of the molecule is Fc1cccc(-c2cc(-c3ccccc3Cl)nc(-c3ccccc3Cl)c2)c1. The van der Waals surface area contributed by atoms with E-state index in [-0.39, 0.29) is 5.82 Å². The van der Waals surface area contributed by atoms with E-state index < -0.39 is 0 Å². The van der Waals surface area contributed by atoms with Crippen LogP contribution in [0.25, 0.3) is 33.6 Å². The molecule has 0 fully saturated rings. The van der Waals surface area contributed by atoms with Crippen LogP contribution in [0.2, 0.25) is 10.0 Å². The van der Waals surface area contributed by atoms with Gasteiger partial charge in [0.25, 0.3) is 0 Å². The van der Waals surface area contributed by atoms with Crippen LogP contribution in [-0.4, -0.2) is 4.98 Å². The first-order valence-corrected chi connectivity index (χ1v) is 9.15. The second kappa shape index (κ2) is 7.51. The number of halogens is 3. The molecule has 0 aliphatic rings. The summed E-state index contributed by atoms with van der Waals surface area (Å²) in [6.45, 7) is 0. The highest BCUT2D eigenvalue weighted by Gasteiger charge is 2.12. The van der Waals surface area contributed by atoms with E-state index in [9.17, 15) is 4.39 Å². The smallest absolute Gasteiger partial charge is 0.123 e. The maximum atomic E-state index is 13.8. The fraction of sp³-hybridized carbons (Fsp3) is 0. The molecule has 4 aromatic rings. The minimum absolute atomic E-state index is 0.289. The van der Waals surface area contributed by atoms with E-state index in [1.807, 2.05) is 66.7 Å². The van der Waals surface area contributed by atoms with Crippen molar-refractivity contribution in [3.8, 4) is 33.6 Å². The van der Waals surface area contributed by atoms with Crippen LogP contribution in [0.3, 0.4) is 0 Å². The van der Waals surface area contributed by atoms with Gasteiger partial charge in [-0.1, -0.05) is 71.7 Å². The third kappa shape index (κ3) is 3.73. The van der Waals surface area contributed by atoms with Crippen molar-refractivity contribution in [2.24, 2.45) is 0 Å². The molecule has 0 saturated heterocycles. The summed E-state index contributed by atoms with van der Waals surface area (Å²) in [5.41, 5.74) is 4.64. The van der Waals surface area contributed by atoms with Crippen molar-refractivity contribution in [1.82, 2.24) is 4.98 Å². The predicted octanol–water partition coefficient (Wildman–Crippen LogP) is 7.53. The number of rotatable bonds is 3. The van der Waals surface area contributed by atoms with E-state index in [1.54, 1.807) is 6.07 Å². The number of aromatic nitrogens is 1. The van der Waals surface area contributed by atoms with Crippen molar-refractivity contribution in [2.45, 2.75) is 0 Å². The van der Waals surface area contributed by atoms with Gasteiger partial charge in [0.2, 0.25) is 0 Å². The topological polar surface area (TPSA) is 12.9 Å². The second-order valence-corrected chi connectivity index (χ2v) is 6.91. The molecule has 0 amide bonds. The summed E-state index contributed by atoms with van der Waals surface area (Å²) in [6, 6.07) is 25.3. The molecule has 0 aliphatic carbocycles. The van der Waals surface area contributed by atoms with Crippen LogP contribution in [0.4, 0.5) is 4.39 Å². The quantitative estimate of drug-likeness (QED) is 0.350. The summed E-state index contributed by atoms with van der Waals surface area (Å²) < 4.78 is 13.8. The molecule has 1 aromatic heterocycles. The summed E-state index contributed by atoms with van der Waals surface area (Å²) in [5, 5.41) is 1.21. The van der Waals surface area contributed by atoms with Gasteiger partial charge in [-0.05, 0) is 47.5 Å². The molecule has 0 saturated carbocycles. The second-order valence-electron chi connectivity index (χ2n) is 6.10. The van der Waals surface area contributed by atoms with E-state index in [0.29, 0.717) is 21.4 Å². The molecular weight excluding hydrogens is 380 g/mol. The molecule has 0 unspecified atom stereocenters. The van der Waals surface area contributed by atoms with Crippen LogP contribution in [0.15, 0.2) is 84.9 Å². The molecule has 1 nitrogen and oxygen atoms in total. The Morgan fingerprint density at radius 3 is 1.67 bits per heavy atom. The maximum Gasteiger partial charge on any atom is 0.123 e. The summed E-state index contributed by atoms with van der Waals surface area (Å²) >= 11 is 12.8. The van der Waals surface area contributed by atoms with Gasteiger partial charge in [-0.25, -0.2) is 9.37 Å². The summed E-state index contributed by atoms with van der Waals surface area (Å²) in [5.74, 6) is -0.289. The molecule has 3 aromatic carbocycles. The highest BCUT2D eigenvalue weighted by Crippen LogP contribution is 2.35.